The molecule has 0 bridgehead atoms. The molecule has 2 amide bonds. The zero-order valence-electron chi connectivity index (χ0n) is 22.9. The number of piperazine rings is 1. The van der Waals surface area contributed by atoms with E-state index in [0.717, 1.165) is 11.1 Å². The Balaban J connectivity index is 1.14. The summed E-state index contributed by atoms with van der Waals surface area (Å²) in [6.45, 7) is 0.871. The first-order valence-corrected chi connectivity index (χ1v) is 13.6. The number of carbonyl (C=O) groups excluding carboxylic acids is 3. The maximum absolute atomic E-state index is 12.9. The summed E-state index contributed by atoms with van der Waals surface area (Å²) in [4.78, 5) is 53.8. The van der Waals surface area contributed by atoms with Crippen LogP contribution >= 0.6 is 0 Å². The molecule has 1 aliphatic heterocycles. The number of carbonyl (C=O) groups is 3. The predicted octanol–water partition coefficient (Wildman–Crippen LogP) is 3.78. The summed E-state index contributed by atoms with van der Waals surface area (Å²) in [6, 6.07) is 21.4. The number of amides is 2. The highest BCUT2D eigenvalue weighted by atomic mass is 16.5. The van der Waals surface area contributed by atoms with Crippen LogP contribution in [0.15, 0.2) is 105 Å². The van der Waals surface area contributed by atoms with Crippen molar-refractivity contribution in [1.82, 2.24) is 19.6 Å². The van der Waals surface area contributed by atoms with E-state index in [1.54, 1.807) is 51.0 Å². The number of benzene rings is 2. The second-order valence-electron chi connectivity index (χ2n) is 9.79. The van der Waals surface area contributed by atoms with E-state index in [9.17, 15) is 19.2 Å². The average Bonchev–Trinajstić information content (AvgIpc) is 3.73. The zero-order valence-corrected chi connectivity index (χ0v) is 22.9. The average molecular weight is 579 g/mol. The van der Waals surface area contributed by atoms with Crippen LogP contribution < -0.4 is 5.63 Å². The summed E-state index contributed by atoms with van der Waals surface area (Å²) >= 11 is 0. The van der Waals surface area contributed by atoms with Crippen molar-refractivity contribution in [1.29, 1.82) is 0 Å². The van der Waals surface area contributed by atoms with Crippen LogP contribution in [0.4, 0.5) is 0 Å². The molecule has 11 heteroatoms. The maximum Gasteiger partial charge on any atom is 0.345 e. The van der Waals surface area contributed by atoms with Crippen molar-refractivity contribution >= 4 is 34.8 Å². The lowest BCUT2D eigenvalue weighted by atomic mass is 10.1. The highest BCUT2D eigenvalue weighted by Crippen LogP contribution is 2.25. The molecule has 0 radical (unpaired) electrons. The number of furan rings is 1. The van der Waals surface area contributed by atoms with Crippen molar-refractivity contribution in [2.75, 3.05) is 32.8 Å². The predicted molar refractivity (Wildman–Crippen MR) is 156 cm³/mol. The Bertz CT molecular complexity index is 1860. The summed E-state index contributed by atoms with van der Waals surface area (Å²) < 4.78 is 17.5. The molecule has 1 fully saturated rings. The summed E-state index contributed by atoms with van der Waals surface area (Å²) in [6.07, 6.45) is 5.80. The van der Waals surface area contributed by atoms with Crippen molar-refractivity contribution in [2.45, 2.75) is 0 Å². The summed E-state index contributed by atoms with van der Waals surface area (Å²) in [7, 11) is 0. The van der Waals surface area contributed by atoms with Gasteiger partial charge in [-0.2, -0.15) is 5.10 Å². The lowest BCUT2D eigenvalue weighted by Gasteiger charge is -2.34. The van der Waals surface area contributed by atoms with Crippen molar-refractivity contribution in [3.8, 4) is 16.9 Å². The van der Waals surface area contributed by atoms with Crippen LogP contribution in [-0.2, 0) is 14.3 Å². The van der Waals surface area contributed by atoms with E-state index >= 15 is 0 Å². The lowest BCUT2D eigenvalue weighted by Crippen LogP contribution is -2.51. The first kappa shape index (κ1) is 27.5. The largest absolute Gasteiger partial charge is 0.459 e. The number of ether oxygens (including phenoxy) is 1. The molecule has 0 N–H and O–H groups in total. The van der Waals surface area contributed by atoms with Gasteiger partial charge in [0, 0.05) is 49.4 Å². The Morgan fingerprint density at radius 3 is 2.42 bits per heavy atom. The van der Waals surface area contributed by atoms with E-state index in [1.165, 1.54) is 18.4 Å². The minimum Gasteiger partial charge on any atom is -0.459 e. The highest BCUT2D eigenvalue weighted by molar-refractivity contribution is 5.92. The second kappa shape index (κ2) is 12.0. The van der Waals surface area contributed by atoms with Gasteiger partial charge in [0.15, 0.2) is 12.4 Å². The van der Waals surface area contributed by atoms with Gasteiger partial charge < -0.3 is 23.4 Å². The molecule has 0 aliphatic carbocycles. The molecule has 43 heavy (non-hydrogen) atoms. The fourth-order valence-electron chi connectivity index (χ4n) is 4.80. The fourth-order valence-corrected chi connectivity index (χ4v) is 4.80. The number of hydrogen-bond donors (Lipinski definition) is 0. The molecule has 11 nitrogen and oxygen atoms in total. The maximum atomic E-state index is 12.9. The Morgan fingerprint density at radius 1 is 0.907 bits per heavy atom. The van der Waals surface area contributed by atoms with Gasteiger partial charge >= 0.3 is 11.6 Å². The van der Waals surface area contributed by atoms with E-state index in [0.29, 0.717) is 43.0 Å². The minimum absolute atomic E-state index is 0.231. The standard InChI is InChI=1S/C32H26N4O7/c37-28(34-14-16-35(17-15-34)31(39)27-11-6-18-41-27)21-42-29(38)13-12-23-20-36(24-8-2-1-3-9-24)33-30(23)25-19-22-7-4-5-10-26(22)43-32(25)40/h1-13,18-20H,14-17,21H2/b13-12+. The molecule has 0 spiro atoms. The smallest absolute Gasteiger partial charge is 0.345 e. The van der Waals surface area contributed by atoms with E-state index in [-0.39, 0.29) is 23.1 Å². The molecular formula is C32H26N4O7. The fraction of sp³-hybridized carbons (Fsp3) is 0.156. The molecule has 0 atom stereocenters. The molecule has 216 valence electrons. The van der Waals surface area contributed by atoms with Gasteiger partial charge in [0.2, 0.25) is 0 Å². The number of aromatic nitrogens is 2. The third-order valence-electron chi connectivity index (χ3n) is 7.05. The molecular weight excluding hydrogens is 552 g/mol. The zero-order chi connectivity index (χ0) is 29.8. The lowest BCUT2D eigenvalue weighted by molar-refractivity contribution is -0.148. The van der Waals surface area contributed by atoms with Crippen molar-refractivity contribution in [3.05, 3.63) is 113 Å². The van der Waals surface area contributed by atoms with Gasteiger partial charge in [-0.05, 0) is 42.5 Å². The first-order valence-electron chi connectivity index (χ1n) is 13.6. The van der Waals surface area contributed by atoms with Gasteiger partial charge in [0.25, 0.3) is 11.8 Å². The van der Waals surface area contributed by atoms with Gasteiger partial charge in [0.05, 0.1) is 17.5 Å². The molecule has 6 rings (SSSR count). The molecule has 4 heterocycles. The third kappa shape index (κ3) is 6.01. The minimum atomic E-state index is -0.732. The van der Waals surface area contributed by atoms with Crippen LogP contribution in [0, 0.1) is 0 Å². The highest BCUT2D eigenvalue weighted by Gasteiger charge is 2.26. The van der Waals surface area contributed by atoms with E-state index in [4.69, 9.17) is 13.6 Å². The Kier molecular flexibility index (Phi) is 7.68. The Hall–Kier alpha value is -5.71. The second-order valence-corrected chi connectivity index (χ2v) is 9.79. The number of para-hydroxylation sites is 2. The van der Waals surface area contributed by atoms with Crippen LogP contribution in [0.25, 0.3) is 34.0 Å². The molecule has 2 aromatic carbocycles. The quantitative estimate of drug-likeness (QED) is 0.162. The topological polar surface area (TPSA) is 128 Å². The van der Waals surface area contributed by atoms with Gasteiger partial charge in [-0.25, -0.2) is 14.3 Å². The summed E-state index contributed by atoms with van der Waals surface area (Å²) in [5, 5.41) is 5.35. The molecule has 0 unspecified atom stereocenters. The van der Waals surface area contributed by atoms with Gasteiger partial charge in [-0.15, -0.1) is 0 Å². The Morgan fingerprint density at radius 2 is 1.65 bits per heavy atom. The van der Waals surface area contributed by atoms with E-state index < -0.39 is 18.2 Å². The van der Waals surface area contributed by atoms with Crippen LogP contribution in [0.5, 0.6) is 0 Å². The number of fused-ring (bicyclic) bond motifs is 1. The van der Waals surface area contributed by atoms with E-state index in [1.807, 2.05) is 42.5 Å². The van der Waals surface area contributed by atoms with Crippen LogP contribution in [0.2, 0.25) is 0 Å². The van der Waals surface area contributed by atoms with Gasteiger partial charge in [0.1, 0.15) is 11.3 Å². The third-order valence-corrected chi connectivity index (χ3v) is 7.05. The molecule has 1 aliphatic rings. The van der Waals surface area contributed by atoms with Crippen molar-refractivity contribution in [3.63, 3.8) is 0 Å². The van der Waals surface area contributed by atoms with Crippen molar-refractivity contribution in [2.24, 2.45) is 0 Å². The van der Waals surface area contributed by atoms with Gasteiger partial charge in [-0.3, -0.25) is 9.59 Å². The number of hydrogen-bond acceptors (Lipinski definition) is 8. The SMILES string of the molecule is O=C(/C=C/c1cn(-c2ccccc2)nc1-c1cc2ccccc2oc1=O)OCC(=O)N1CCN(C(=O)c2ccco2)CC1. The first-order chi connectivity index (χ1) is 21.0. The monoisotopic (exact) mass is 578 g/mol. The Labute approximate surface area is 245 Å². The van der Waals surface area contributed by atoms with Crippen LogP contribution in [0.3, 0.4) is 0 Å². The van der Waals surface area contributed by atoms with Crippen LogP contribution in [-0.4, -0.2) is 70.1 Å². The molecule has 1 saturated heterocycles. The summed E-state index contributed by atoms with van der Waals surface area (Å²) in [5.41, 5.74) is 1.69. The van der Waals surface area contributed by atoms with Crippen molar-refractivity contribution < 1.29 is 28.0 Å². The summed E-state index contributed by atoms with van der Waals surface area (Å²) in [5.74, 6) is -1.08. The number of esters is 1. The number of rotatable bonds is 7. The molecule has 3 aromatic heterocycles. The van der Waals surface area contributed by atoms with Gasteiger partial charge in [-0.1, -0.05) is 36.4 Å². The van der Waals surface area contributed by atoms with E-state index in [2.05, 4.69) is 5.10 Å². The van der Waals surface area contributed by atoms with Crippen LogP contribution in [0.1, 0.15) is 16.1 Å². The number of nitrogens with zero attached hydrogens (tertiary/aromatic N) is 4. The molecule has 5 aromatic rings. The molecule has 0 saturated carbocycles. The normalized spacial score (nSPS) is 13.5.